The quantitative estimate of drug-likeness (QED) is 0.809. The average molecular weight is 324 g/mol. The Balaban J connectivity index is 1.59. The molecule has 0 spiro atoms. The third-order valence-electron chi connectivity index (χ3n) is 4.37. The van der Waals surface area contributed by atoms with E-state index >= 15 is 0 Å². The van der Waals surface area contributed by atoms with Crippen LogP contribution in [0.25, 0.3) is 5.65 Å². The fourth-order valence-electron chi connectivity index (χ4n) is 2.96. The van der Waals surface area contributed by atoms with Crippen molar-refractivity contribution in [3.8, 4) is 12.1 Å². The summed E-state index contributed by atoms with van der Waals surface area (Å²) in [7, 11) is 0. The number of nitriles is 2. The first-order valence-electron chi connectivity index (χ1n) is 8.14. The summed E-state index contributed by atoms with van der Waals surface area (Å²) in [5.74, 6) is 1.64. The van der Waals surface area contributed by atoms with Crippen molar-refractivity contribution in [3.63, 3.8) is 0 Å². The summed E-state index contributed by atoms with van der Waals surface area (Å²) in [4.78, 5) is 4.54. The van der Waals surface area contributed by atoms with E-state index in [-0.39, 0.29) is 5.92 Å². The SMILES string of the molecule is Cc1nnc2ccc(N3CCN(CC(C#N)CCC#N)CC3)nn12. The highest BCUT2D eigenvalue weighted by Crippen LogP contribution is 2.16. The minimum atomic E-state index is -0.0645. The minimum Gasteiger partial charge on any atom is -0.353 e. The smallest absolute Gasteiger partial charge is 0.178 e. The molecule has 0 aromatic carbocycles. The number of fused-ring (bicyclic) bond motifs is 1. The van der Waals surface area contributed by atoms with Crippen molar-refractivity contribution in [2.24, 2.45) is 5.92 Å². The zero-order valence-electron chi connectivity index (χ0n) is 13.8. The van der Waals surface area contributed by atoms with E-state index in [0.717, 1.165) is 50.0 Å². The van der Waals surface area contributed by atoms with Crippen LogP contribution < -0.4 is 4.90 Å². The molecule has 8 nitrogen and oxygen atoms in total. The molecule has 24 heavy (non-hydrogen) atoms. The van der Waals surface area contributed by atoms with Crippen LogP contribution in [0.1, 0.15) is 18.7 Å². The number of rotatable bonds is 5. The molecule has 1 unspecified atom stereocenters. The Bertz CT molecular complexity index is 775. The van der Waals surface area contributed by atoms with E-state index in [1.165, 1.54) is 0 Å². The first kappa shape index (κ1) is 16.2. The Kier molecular flexibility index (Phi) is 4.88. The fraction of sp³-hybridized carbons (Fsp3) is 0.562. The van der Waals surface area contributed by atoms with Gasteiger partial charge in [0.05, 0.1) is 18.1 Å². The van der Waals surface area contributed by atoms with Crippen LogP contribution in [0, 0.1) is 35.5 Å². The van der Waals surface area contributed by atoms with Crippen molar-refractivity contribution in [1.82, 2.24) is 24.7 Å². The van der Waals surface area contributed by atoms with Gasteiger partial charge in [0, 0.05) is 39.1 Å². The number of nitrogens with zero attached hydrogens (tertiary/aromatic N) is 8. The lowest BCUT2D eigenvalue weighted by Gasteiger charge is -2.36. The van der Waals surface area contributed by atoms with E-state index in [0.29, 0.717) is 12.8 Å². The van der Waals surface area contributed by atoms with Gasteiger partial charge in [-0.25, -0.2) is 0 Å². The van der Waals surface area contributed by atoms with Crippen LogP contribution in [0.3, 0.4) is 0 Å². The Morgan fingerprint density at radius 1 is 1.17 bits per heavy atom. The molecular formula is C16H20N8. The van der Waals surface area contributed by atoms with Crippen LogP contribution in [0.4, 0.5) is 5.82 Å². The Morgan fingerprint density at radius 2 is 1.96 bits per heavy atom. The maximum Gasteiger partial charge on any atom is 0.178 e. The molecule has 3 heterocycles. The first-order chi connectivity index (χ1) is 11.7. The molecule has 0 saturated carbocycles. The van der Waals surface area contributed by atoms with Gasteiger partial charge in [-0.15, -0.1) is 15.3 Å². The molecule has 124 valence electrons. The minimum absolute atomic E-state index is 0.0645. The molecule has 1 aliphatic heterocycles. The molecule has 8 heteroatoms. The monoisotopic (exact) mass is 324 g/mol. The van der Waals surface area contributed by atoms with Crippen LogP contribution in [-0.4, -0.2) is 57.4 Å². The van der Waals surface area contributed by atoms with Gasteiger partial charge < -0.3 is 4.90 Å². The van der Waals surface area contributed by atoms with Crippen molar-refractivity contribution in [2.75, 3.05) is 37.6 Å². The van der Waals surface area contributed by atoms with Gasteiger partial charge in [0.2, 0.25) is 0 Å². The van der Waals surface area contributed by atoms with Crippen LogP contribution in [0.2, 0.25) is 0 Å². The highest BCUT2D eigenvalue weighted by atomic mass is 15.4. The summed E-state index contributed by atoms with van der Waals surface area (Å²) < 4.78 is 1.76. The largest absolute Gasteiger partial charge is 0.353 e. The van der Waals surface area contributed by atoms with Gasteiger partial charge in [0.15, 0.2) is 11.5 Å². The molecule has 2 aromatic heterocycles. The molecule has 1 saturated heterocycles. The third kappa shape index (κ3) is 3.44. The zero-order valence-corrected chi connectivity index (χ0v) is 13.8. The van der Waals surface area contributed by atoms with Gasteiger partial charge >= 0.3 is 0 Å². The molecule has 0 radical (unpaired) electrons. The van der Waals surface area contributed by atoms with Gasteiger partial charge in [-0.1, -0.05) is 0 Å². The van der Waals surface area contributed by atoms with Gasteiger partial charge in [0.25, 0.3) is 0 Å². The second kappa shape index (κ2) is 7.24. The number of aromatic nitrogens is 4. The summed E-state index contributed by atoms with van der Waals surface area (Å²) in [6, 6.07) is 8.34. The van der Waals surface area contributed by atoms with Crippen LogP contribution >= 0.6 is 0 Å². The second-order valence-electron chi connectivity index (χ2n) is 6.02. The molecule has 2 aromatic rings. The molecule has 0 amide bonds. The van der Waals surface area contributed by atoms with E-state index in [2.05, 4.69) is 37.2 Å². The average Bonchev–Trinajstić information content (AvgIpc) is 2.99. The summed E-state index contributed by atoms with van der Waals surface area (Å²) in [6.07, 6.45) is 1.10. The van der Waals surface area contributed by atoms with Crippen molar-refractivity contribution < 1.29 is 0 Å². The van der Waals surface area contributed by atoms with E-state index in [1.54, 1.807) is 4.52 Å². The number of hydrogen-bond donors (Lipinski definition) is 0. The summed E-state index contributed by atoms with van der Waals surface area (Å²) >= 11 is 0. The lowest BCUT2D eigenvalue weighted by molar-refractivity contribution is 0.232. The molecule has 1 fully saturated rings. The van der Waals surface area contributed by atoms with Crippen LogP contribution in [0.15, 0.2) is 12.1 Å². The lowest BCUT2D eigenvalue weighted by atomic mass is 10.0. The molecule has 0 N–H and O–H groups in total. The Labute approximate surface area is 140 Å². The standard InChI is InChI=1S/C16H20N8/c1-13-19-20-15-4-5-16(21-24(13)15)23-9-7-22(8-10-23)12-14(11-18)3-2-6-17/h4-5,14H,2-3,7-10,12H2,1H3. The maximum atomic E-state index is 9.20. The summed E-state index contributed by atoms with van der Waals surface area (Å²) in [6.45, 7) is 6.16. The number of anilines is 1. The second-order valence-corrected chi connectivity index (χ2v) is 6.02. The third-order valence-corrected chi connectivity index (χ3v) is 4.37. The van der Waals surface area contributed by atoms with Gasteiger partial charge in [-0.3, -0.25) is 4.90 Å². The Morgan fingerprint density at radius 3 is 2.67 bits per heavy atom. The molecule has 3 rings (SSSR count). The van der Waals surface area contributed by atoms with Crippen LogP contribution in [0.5, 0.6) is 0 Å². The molecular weight excluding hydrogens is 304 g/mol. The van der Waals surface area contributed by atoms with Crippen LogP contribution in [-0.2, 0) is 0 Å². The van der Waals surface area contributed by atoms with E-state index < -0.39 is 0 Å². The number of aryl methyl sites for hydroxylation is 1. The molecule has 0 bridgehead atoms. The van der Waals surface area contributed by atoms with Crippen molar-refractivity contribution in [3.05, 3.63) is 18.0 Å². The lowest BCUT2D eigenvalue weighted by Crippen LogP contribution is -2.48. The topological polar surface area (TPSA) is 97.1 Å². The maximum absolute atomic E-state index is 9.20. The fourth-order valence-corrected chi connectivity index (χ4v) is 2.96. The number of piperazine rings is 1. The molecule has 0 aliphatic carbocycles. The molecule has 1 atom stereocenters. The summed E-state index contributed by atoms with van der Waals surface area (Å²) in [5, 5.41) is 30.6. The van der Waals surface area contributed by atoms with E-state index in [4.69, 9.17) is 5.26 Å². The number of hydrogen-bond acceptors (Lipinski definition) is 7. The normalized spacial score (nSPS) is 16.7. The van der Waals surface area contributed by atoms with E-state index in [1.807, 2.05) is 19.1 Å². The predicted octanol–water partition coefficient (Wildman–Crippen LogP) is 0.998. The first-order valence-corrected chi connectivity index (χ1v) is 8.14. The van der Waals surface area contributed by atoms with E-state index in [9.17, 15) is 5.26 Å². The zero-order chi connectivity index (χ0) is 16.9. The van der Waals surface area contributed by atoms with Gasteiger partial charge in [-0.2, -0.15) is 15.0 Å². The van der Waals surface area contributed by atoms with Crippen molar-refractivity contribution >= 4 is 11.5 Å². The van der Waals surface area contributed by atoms with Crippen molar-refractivity contribution in [2.45, 2.75) is 19.8 Å². The molecule has 1 aliphatic rings. The Hall–Kier alpha value is -2.71. The predicted molar refractivity (Wildman–Crippen MR) is 88.1 cm³/mol. The summed E-state index contributed by atoms with van der Waals surface area (Å²) in [5.41, 5.74) is 0.754. The highest BCUT2D eigenvalue weighted by molar-refractivity contribution is 5.46. The van der Waals surface area contributed by atoms with Crippen molar-refractivity contribution in [1.29, 1.82) is 10.5 Å². The van der Waals surface area contributed by atoms with Gasteiger partial charge in [-0.05, 0) is 25.5 Å². The highest BCUT2D eigenvalue weighted by Gasteiger charge is 2.21. The van der Waals surface area contributed by atoms with Gasteiger partial charge in [0.1, 0.15) is 5.82 Å².